The van der Waals surface area contributed by atoms with Crippen LogP contribution in [-0.4, -0.2) is 0 Å². The summed E-state index contributed by atoms with van der Waals surface area (Å²) in [5, 5.41) is 0. The van der Waals surface area contributed by atoms with Gasteiger partial charge in [-0.25, -0.2) is 4.39 Å². The van der Waals surface area contributed by atoms with Crippen LogP contribution < -0.4 is 5.73 Å². The van der Waals surface area contributed by atoms with Crippen molar-refractivity contribution in [2.24, 2.45) is 5.73 Å². The zero-order valence-corrected chi connectivity index (χ0v) is 12.8. The highest BCUT2D eigenvalue weighted by Gasteiger charge is 2.19. The Bertz CT molecular complexity index is 630. The summed E-state index contributed by atoms with van der Waals surface area (Å²) in [4.78, 5) is 0. The Morgan fingerprint density at radius 3 is 1.85 bits per heavy atom. The van der Waals surface area contributed by atoms with Gasteiger partial charge in [0, 0.05) is 0 Å². The van der Waals surface area contributed by atoms with Gasteiger partial charge in [-0.15, -0.1) is 0 Å². The van der Waals surface area contributed by atoms with Crippen molar-refractivity contribution in [2.45, 2.75) is 40.7 Å². The summed E-state index contributed by atoms with van der Waals surface area (Å²) in [5.41, 5.74) is 14.6. The first-order valence-electron chi connectivity index (χ1n) is 6.92. The predicted octanol–water partition coefficient (Wildman–Crippen LogP) is 4.42. The Morgan fingerprint density at radius 1 is 0.850 bits per heavy atom. The summed E-state index contributed by atoms with van der Waals surface area (Å²) in [6.45, 7) is 10.6. The van der Waals surface area contributed by atoms with Gasteiger partial charge >= 0.3 is 0 Å². The molecule has 0 heterocycles. The van der Waals surface area contributed by atoms with Crippen molar-refractivity contribution >= 4 is 0 Å². The molecule has 0 bridgehead atoms. The maximum atomic E-state index is 13.4. The molecule has 0 aliphatic rings. The molecule has 0 fully saturated rings. The van der Waals surface area contributed by atoms with Gasteiger partial charge in [0.25, 0.3) is 0 Å². The number of hydrogen-bond donors (Lipinski definition) is 1. The van der Waals surface area contributed by atoms with Crippen molar-refractivity contribution in [3.63, 3.8) is 0 Å². The van der Waals surface area contributed by atoms with E-state index in [4.69, 9.17) is 5.73 Å². The zero-order valence-electron chi connectivity index (χ0n) is 12.8. The van der Waals surface area contributed by atoms with E-state index in [1.807, 2.05) is 6.07 Å². The van der Waals surface area contributed by atoms with E-state index in [0.717, 1.165) is 11.1 Å². The SMILES string of the molecule is Cc1c(C)c(C)c(C(N)c2cccc(F)c2)c(C)c1C. The molecule has 0 aliphatic heterocycles. The molecule has 2 N–H and O–H groups in total. The average Bonchev–Trinajstić information content (AvgIpc) is 2.43. The van der Waals surface area contributed by atoms with E-state index in [1.54, 1.807) is 6.07 Å². The fourth-order valence-corrected chi connectivity index (χ4v) is 2.86. The lowest BCUT2D eigenvalue weighted by molar-refractivity contribution is 0.623. The number of benzene rings is 2. The van der Waals surface area contributed by atoms with Crippen molar-refractivity contribution in [2.75, 3.05) is 0 Å². The van der Waals surface area contributed by atoms with Gasteiger partial charge in [0.15, 0.2) is 0 Å². The summed E-state index contributed by atoms with van der Waals surface area (Å²) < 4.78 is 13.4. The van der Waals surface area contributed by atoms with Gasteiger partial charge in [0.1, 0.15) is 5.82 Å². The van der Waals surface area contributed by atoms with Gasteiger partial charge < -0.3 is 5.73 Å². The average molecular weight is 271 g/mol. The molecule has 0 radical (unpaired) electrons. The van der Waals surface area contributed by atoms with Crippen LogP contribution in [0.2, 0.25) is 0 Å². The molecular weight excluding hydrogens is 249 g/mol. The third-order valence-electron chi connectivity index (χ3n) is 4.58. The standard InChI is InChI=1S/C18H22FN/c1-10-11(2)13(4)17(14(5)12(10)3)18(20)15-7-6-8-16(19)9-15/h6-9,18H,20H2,1-5H3. The van der Waals surface area contributed by atoms with E-state index in [1.165, 1.54) is 39.9 Å². The summed E-state index contributed by atoms with van der Waals surface area (Å²) in [6, 6.07) is 6.28. The van der Waals surface area contributed by atoms with Crippen molar-refractivity contribution in [1.82, 2.24) is 0 Å². The number of rotatable bonds is 2. The van der Waals surface area contributed by atoms with Crippen LogP contribution in [0, 0.1) is 40.4 Å². The lowest BCUT2D eigenvalue weighted by atomic mass is 9.84. The van der Waals surface area contributed by atoms with Gasteiger partial charge in [0.05, 0.1) is 6.04 Å². The van der Waals surface area contributed by atoms with Crippen LogP contribution in [0.4, 0.5) is 4.39 Å². The molecule has 0 spiro atoms. The monoisotopic (exact) mass is 271 g/mol. The van der Waals surface area contributed by atoms with Crippen LogP contribution >= 0.6 is 0 Å². The molecule has 0 saturated heterocycles. The molecule has 1 nitrogen and oxygen atoms in total. The van der Waals surface area contributed by atoms with Gasteiger partial charge in [-0.1, -0.05) is 12.1 Å². The fraction of sp³-hybridized carbons (Fsp3) is 0.333. The van der Waals surface area contributed by atoms with Gasteiger partial charge in [-0.3, -0.25) is 0 Å². The van der Waals surface area contributed by atoms with Crippen LogP contribution in [0.5, 0.6) is 0 Å². The highest BCUT2D eigenvalue weighted by molar-refractivity contribution is 5.52. The lowest BCUT2D eigenvalue weighted by Crippen LogP contribution is -2.17. The first-order valence-corrected chi connectivity index (χ1v) is 6.92. The second-order valence-electron chi connectivity index (χ2n) is 5.57. The highest BCUT2D eigenvalue weighted by Crippen LogP contribution is 2.32. The molecular formula is C18H22FN. The Kier molecular flexibility index (Phi) is 3.96. The minimum Gasteiger partial charge on any atom is -0.320 e. The molecule has 20 heavy (non-hydrogen) atoms. The van der Waals surface area contributed by atoms with Crippen LogP contribution in [0.1, 0.15) is 45.0 Å². The minimum atomic E-state index is -0.288. The molecule has 1 atom stereocenters. The number of hydrogen-bond acceptors (Lipinski definition) is 1. The van der Waals surface area contributed by atoms with Crippen LogP contribution in [0.15, 0.2) is 24.3 Å². The summed E-state index contributed by atoms with van der Waals surface area (Å²) in [7, 11) is 0. The van der Waals surface area contributed by atoms with E-state index < -0.39 is 0 Å². The van der Waals surface area contributed by atoms with Crippen molar-refractivity contribution < 1.29 is 4.39 Å². The molecule has 0 saturated carbocycles. The maximum Gasteiger partial charge on any atom is 0.123 e. The Morgan fingerprint density at radius 2 is 1.35 bits per heavy atom. The number of halogens is 1. The third-order valence-corrected chi connectivity index (χ3v) is 4.58. The number of nitrogens with two attached hydrogens (primary N) is 1. The molecule has 106 valence electrons. The summed E-state index contributed by atoms with van der Waals surface area (Å²) in [6.07, 6.45) is 0. The Hall–Kier alpha value is -1.67. The van der Waals surface area contributed by atoms with Crippen LogP contribution in [0.25, 0.3) is 0 Å². The third kappa shape index (κ3) is 2.36. The van der Waals surface area contributed by atoms with Crippen LogP contribution in [0.3, 0.4) is 0 Å². The Balaban J connectivity index is 2.64. The Labute approximate surface area is 120 Å². The lowest BCUT2D eigenvalue weighted by Gasteiger charge is -2.23. The van der Waals surface area contributed by atoms with Crippen LogP contribution in [-0.2, 0) is 0 Å². The normalized spacial score (nSPS) is 12.6. The van der Waals surface area contributed by atoms with Gasteiger partial charge in [-0.05, 0) is 85.7 Å². The molecule has 0 aliphatic carbocycles. The summed E-state index contributed by atoms with van der Waals surface area (Å²) in [5.74, 6) is -0.242. The molecule has 0 amide bonds. The van der Waals surface area contributed by atoms with E-state index in [0.29, 0.717) is 0 Å². The van der Waals surface area contributed by atoms with E-state index in [9.17, 15) is 4.39 Å². The predicted molar refractivity (Wildman–Crippen MR) is 82.6 cm³/mol. The molecule has 2 rings (SSSR count). The first kappa shape index (κ1) is 14.7. The molecule has 0 aromatic heterocycles. The molecule has 2 aromatic rings. The first-order chi connectivity index (χ1) is 9.34. The smallest absolute Gasteiger partial charge is 0.123 e. The van der Waals surface area contributed by atoms with Gasteiger partial charge in [-0.2, -0.15) is 0 Å². The summed E-state index contributed by atoms with van der Waals surface area (Å²) >= 11 is 0. The van der Waals surface area contributed by atoms with Crippen molar-refractivity contribution in [3.05, 3.63) is 69.0 Å². The highest BCUT2D eigenvalue weighted by atomic mass is 19.1. The quantitative estimate of drug-likeness (QED) is 0.860. The van der Waals surface area contributed by atoms with Crippen molar-refractivity contribution in [3.8, 4) is 0 Å². The minimum absolute atomic E-state index is 0.242. The van der Waals surface area contributed by atoms with Crippen molar-refractivity contribution in [1.29, 1.82) is 0 Å². The second kappa shape index (κ2) is 5.37. The van der Waals surface area contributed by atoms with E-state index in [-0.39, 0.29) is 11.9 Å². The fourth-order valence-electron chi connectivity index (χ4n) is 2.86. The topological polar surface area (TPSA) is 26.0 Å². The van der Waals surface area contributed by atoms with E-state index >= 15 is 0 Å². The zero-order chi connectivity index (χ0) is 15.0. The molecule has 1 unspecified atom stereocenters. The second-order valence-corrected chi connectivity index (χ2v) is 5.57. The largest absolute Gasteiger partial charge is 0.320 e. The van der Waals surface area contributed by atoms with Gasteiger partial charge in [0.2, 0.25) is 0 Å². The molecule has 2 aromatic carbocycles. The maximum absolute atomic E-state index is 13.4. The van der Waals surface area contributed by atoms with E-state index in [2.05, 4.69) is 34.6 Å². The molecule has 2 heteroatoms.